The Kier molecular flexibility index (Phi) is 9.49. The van der Waals surface area contributed by atoms with Gasteiger partial charge in [0.05, 0.1) is 19.3 Å². The summed E-state index contributed by atoms with van der Waals surface area (Å²) in [6, 6.07) is 13.5. The molecule has 12 nitrogen and oxygen atoms in total. The summed E-state index contributed by atoms with van der Waals surface area (Å²) in [5.74, 6) is -0.792. The fourth-order valence-electron chi connectivity index (χ4n) is 3.37. The molecule has 0 radical (unpaired) electrons. The Labute approximate surface area is 220 Å². The Balaban J connectivity index is 1.79. The Hall–Kier alpha value is -4.32. The smallest absolute Gasteiger partial charge is 0.408 e. The largest absolute Gasteiger partial charge is 0.467 e. The summed E-state index contributed by atoms with van der Waals surface area (Å²) in [4.78, 5) is 37.6. The van der Waals surface area contributed by atoms with E-state index in [-0.39, 0.29) is 24.7 Å². The van der Waals surface area contributed by atoms with Crippen LogP contribution in [0.3, 0.4) is 0 Å². The lowest BCUT2D eigenvalue weighted by molar-refractivity contribution is -0.143. The normalized spacial score (nSPS) is 11.9. The maximum absolute atomic E-state index is 12.4. The van der Waals surface area contributed by atoms with Gasteiger partial charge in [0.2, 0.25) is 5.82 Å². The zero-order valence-electron chi connectivity index (χ0n) is 22.0. The van der Waals surface area contributed by atoms with Gasteiger partial charge in [0.25, 0.3) is 0 Å². The van der Waals surface area contributed by atoms with E-state index in [4.69, 9.17) is 18.9 Å². The third-order valence-corrected chi connectivity index (χ3v) is 4.93. The predicted octanol–water partition coefficient (Wildman–Crippen LogP) is 3.05. The minimum atomic E-state index is -1.03. The van der Waals surface area contributed by atoms with Crippen molar-refractivity contribution in [3.63, 3.8) is 0 Å². The van der Waals surface area contributed by atoms with E-state index in [1.807, 2.05) is 30.3 Å². The van der Waals surface area contributed by atoms with Gasteiger partial charge in [-0.1, -0.05) is 36.4 Å². The van der Waals surface area contributed by atoms with Crippen molar-refractivity contribution < 1.29 is 33.3 Å². The highest BCUT2D eigenvalue weighted by molar-refractivity contribution is 5.82. The number of esters is 2. The second-order valence-electron chi connectivity index (χ2n) is 9.30. The van der Waals surface area contributed by atoms with Crippen molar-refractivity contribution in [3.05, 3.63) is 59.7 Å². The monoisotopic (exact) mass is 525 g/mol. The minimum absolute atomic E-state index is 0.0503. The van der Waals surface area contributed by atoms with E-state index in [1.165, 1.54) is 18.8 Å². The van der Waals surface area contributed by atoms with E-state index >= 15 is 0 Å². The number of benzene rings is 2. The molecule has 202 valence electrons. The molecule has 1 amide bonds. The zero-order chi connectivity index (χ0) is 27.7. The highest BCUT2D eigenvalue weighted by Crippen LogP contribution is 2.29. The van der Waals surface area contributed by atoms with Crippen molar-refractivity contribution in [1.29, 1.82) is 0 Å². The van der Waals surface area contributed by atoms with Crippen molar-refractivity contribution in [2.75, 3.05) is 7.11 Å². The standard InChI is InChI=1S/C26H31N5O7/c1-17(32)37-22-12-11-19(14-21(24(33)35-5)27-25(34)38-26(2,3)4)13-20(22)23-28-30-31(29-23)16-36-15-18-9-7-6-8-10-18/h6-13,21H,14-16H2,1-5H3,(H,27,34)/t21-/m0/s1. The van der Waals surface area contributed by atoms with Gasteiger partial charge in [-0.2, -0.15) is 0 Å². The van der Waals surface area contributed by atoms with E-state index in [1.54, 1.807) is 39.0 Å². The summed E-state index contributed by atoms with van der Waals surface area (Å²) < 4.78 is 21.1. The molecule has 2 aromatic carbocycles. The molecule has 0 aliphatic rings. The molecule has 1 aromatic heterocycles. The number of rotatable bonds is 10. The minimum Gasteiger partial charge on any atom is -0.467 e. The molecule has 1 heterocycles. The van der Waals surface area contributed by atoms with Crippen LogP contribution in [-0.2, 0) is 43.6 Å². The van der Waals surface area contributed by atoms with Crippen LogP contribution in [0.5, 0.6) is 5.75 Å². The van der Waals surface area contributed by atoms with Crippen LogP contribution in [0, 0.1) is 0 Å². The number of hydrogen-bond acceptors (Lipinski definition) is 10. The molecule has 0 saturated heterocycles. The number of nitrogens with one attached hydrogen (secondary N) is 1. The van der Waals surface area contributed by atoms with Gasteiger partial charge >= 0.3 is 18.0 Å². The van der Waals surface area contributed by atoms with Gasteiger partial charge in [0, 0.05) is 13.3 Å². The van der Waals surface area contributed by atoms with Gasteiger partial charge in [0.15, 0.2) is 6.73 Å². The number of carbonyl (C=O) groups excluding carboxylic acids is 3. The maximum Gasteiger partial charge on any atom is 0.408 e. The molecule has 0 spiro atoms. The Morgan fingerprint density at radius 3 is 2.45 bits per heavy atom. The van der Waals surface area contributed by atoms with Gasteiger partial charge in [-0.15, -0.1) is 15.0 Å². The van der Waals surface area contributed by atoms with Crippen molar-refractivity contribution in [1.82, 2.24) is 25.5 Å². The van der Waals surface area contributed by atoms with E-state index < -0.39 is 29.7 Å². The van der Waals surface area contributed by atoms with Crippen LogP contribution in [-0.4, -0.2) is 57.0 Å². The third kappa shape index (κ3) is 8.66. The highest BCUT2D eigenvalue weighted by Gasteiger charge is 2.26. The van der Waals surface area contributed by atoms with Crippen LogP contribution in [0.15, 0.2) is 48.5 Å². The van der Waals surface area contributed by atoms with Crippen LogP contribution in [0.2, 0.25) is 0 Å². The number of methoxy groups -OCH3 is 1. The molecular formula is C26H31N5O7. The van der Waals surface area contributed by atoms with Crippen LogP contribution in [0.4, 0.5) is 4.79 Å². The van der Waals surface area contributed by atoms with E-state index in [0.29, 0.717) is 17.7 Å². The quantitative estimate of drug-likeness (QED) is 0.310. The summed E-state index contributed by atoms with van der Waals surface area (Å²) in [5, 5.41) is 15.0. The molecule has 0 aliphatic heterocycles. The van der Waals surface area contributed by atoms with E-state index in [0.717, 1.165) is 5.56 Å². The molecular weight excluding hydrogens is 494 g/mol. The number of ether oxygens (including phenoxy) is 4. The van der Waals surface area contributed by atoms with Crippen molar-refractivity contribution in [2.45, 2.75) is 59.1 Å². The molecule has 0 bridgehead atoms. The molecule has 3 aromatic rings. The van der Waals surface area contributed by atoms with Crippen molar-refractivity contribution >= 4 is 18.0 Å². The van der Waals surface area contributed by atoms with Gasteiger partial charge in [-0.25, -0.2) is 9.59 Å². The summed E-state index contributed by atoms with van der Waals surface area (Å²) in [6.07, 6.45) is -0.696. The molecule has 0 saturated carbocycles. The summed E-state index contributed by atoms with van der Waals surface area (Å²) >= 11 is 0. The molecule has 1 N–H and O–H groups in total. The van der Waals surface area contributed by atoms with Crippen LogP contribution >= 0.6 is 0 Å². The number of carbonyl (C=O) groups is 3. The number of nitrogens with zero attached hydrogens (tertiary/aromatic N) is 4. The van der Waals surface area contributed by atoms with Crippen LogP contribution in [0.25, 0.3) is 11.4 Å². The first-order valence-corrected chi connectivity index (χ1v) is 11.8. The lowest BCUT2D eigenvalue weighted by atomic mass is 10.0. The molecule has 3 rings (SSSR count). The van der Waals surface area contributed by atoms with Crippen molar-refractivity contribution in [2.24, 2.45) is 0 Å². The average Bonchev–Trinajstić information content (AvgIpc) is 3.32. The van der Waals surface area contributed by atoms with Gasteiger partial charge < -0.3 is 24.3 Å². The summed E-state index contributed by atoms with van der Waals surface area (Å²) in [5.41, 5.74) is 1.23. The summed E-state index contributed by atoms with van der Waals surface area (Å²) in [7, 11) is 1.23. The number of aromatic nitrogens is 4. The molecule has 0 fully saturated rings. The zero-order valence-corrected chi connectivity index (χ0v) is 22.0. The molecule has 38 heavy (non-hydrogen) atoms. The topological polar surface area (TPSA) is 144 Å². The van der Waals surface area contributed by atoms with Gasteiger partial charge in [-0.3, -0.25) is 4.79 Å². The fourth-order valence-corrected chi connectivity index (χ4v) is 3.37. The van der Waals surface area contributed by atoms with E-state index in [9.17, 15) is 14.4 Å². The fraction of sp³-hybridized carbons (Fsp3) is 0.385. The Morgan fingerprint density at radius 2 is 1.79 bits per heavy atom. The second-order valence-corrected chi connectivity index (χ2v) is 9.30. The molecule has 1 atom stereocenters. The summed E-state index contributed by atoms with van der Waals surface area (Å²) in [6.45, 7) is 6.84. The molecule has 0 aliphatic carbocycles. The van der Waals surface area contributed by atoms with Crippen molar-refractivity contribution in [3.8, 4) is 17.1 Å². The molecule has 0 unspecified atom stereocenters. The predicted molar refractivity (Wildman–Crippen MR) is 135 cm³/mol. The van der Waals surface area contributed by atoms with Gasteiger partial charge in [0.1, 0.15) is 17.4 Å². The number of tetrazole rings is 1. The van der Waals surface area contributed by atoms with Crippen LogP contribution in [0.1, 0.15) is 38.8 Å². The Bertz CT molecular complexity index is 1250. The number of hydrogen-bond donors (Lipinski definition) is 1. The second kappa shape index (κ2) is 12.8. The lowest BCUT2D eigenvalue weighted by Crippen LogP contribution is -2.45. The molecule has 12 heteroatoms. The first-order chi connectivity index (χ1) is 18.0. The third-order valence-electron chi connectivity index (χ3n) is 4.93. The average molecular weight is 526 g/mol. The number of alkyl carbamates (subject to hydrolysis) is 1. The van der Waals surface area contributed by atoms with E-state index in [2.05, 4.69) is 20.7 Å². The number of amides is 1. The lowest BCUT2D eigenvalue weighted by Gasteiger charge is -2.22. The highest BCUT2D eigenvalue weighted by atomic mass is 16.6. The van der Waals surface area contributed by atoms with Gasteiger partial charge in [-0.05, 0) is 49.2 Å². The first-order valence-electron chi connectivity index (χ1n) is 11.8. The van der Waals surface area contributed by atoms with Crippen LogP contribution < -0.4 is 10.1 Å². The first kappa shape index (κ1) is 28.3. The SMILES string of the molecule is COC(=O)[C@H](Cc1ccc(OC(C)=O)c(-c2nnn(COCc3ccccc3)n2)c1)NC(=O)OC(C)(C)C. The maximum atomic E-state index is 12.4. The Morgan fingerprint density at radius 1 is 1.05 bits per heavy atom.